The second-order valence-electron chi connectivity index (χ2n) is 11.9. The standard InChI is InChI=1S/C36H39N9O5/c1-6-45-28(18-22(3)42-45)34(48)41-35-39-26-19-23(32(37)46)12-14-27(26)43(35)16-7-8-17-44-31-21(2)10-9-11-25(31)38-36(44)40-33(47)24-13-15-29(49-4)30(20-24)50-5/h9-15,18-20H,6-8,16-17H2,1-5H3,(H2,37,46)(H,38,40,47)(H,39,41,48). The van der Waals surface area contributed by atoms with Gasteiger partial charge in [0.05, 0.1) is 42.0 Å². The maximum Gasteiger partial charge on any atom is 0.276 e. The van der Waals surface area contributed by atoms with E-state index in [4.69, 9.17) is 20.2 Å². The van der Waals surface area contributed by atoms with Crippen LogP contribution in [0.1, 0.15) is 62.2 Å². The largest absolute Gasteiger partial charge is 0.493 e. The number of nitrogens with two attached hydrogens (primary N) is 1. The molecule has 0 atom stereocenters. The highest BCUT2D eigenvalue weighted by molar-refractivity contribution is 6.05. The van der Waals surface area contributed by atoms with E-state index >= 15 is 0 Å². The van der Waals surface area contributed by atoms with Crippen molar-refractivity contribution in [3.05, 3.63) is 88.7 Å². The van der Waals surface area contributed by atoms with Crippen molar-refractivity contribution < 1.29 is 23.9 Å². The molecular formula is C36H39N9O5. The molecule has 0 unspecified atom stereocenters. The third-order valence-corrected chi connectivity index (χ3v) is 8.55. The van der Waals surface area contributed by atoms with Gasteiger partial charge in [0.2, 0.25) is 17.8 Å². The van der Waals surface area contributed by atoms with Crippen LogP contribution in [0.5, 0.6) is 11.5 Å². The van der Waals surface area contributed by atoms with Gasteiger partial charge in [-0.05, 0) is 87.7 Å². The number of aryl methyl sites for hydroxylation is 5. The summed E-state index contributed by atoms with van der Waals surface area (Å²) >= 11 is 0. The number of para-hydroxylation sites is 1. The fraction of sp³-hybridized carbons (Fsp3) is 0.278. The molecule has 50 heavy (non-hydrogen) atoms. The molecule has 3 aromatic heterocycles. The van der Waals surface area contributed by atoms with Crippen molar-refractivity contribution >= 4 is 51.7 Å². The fourth-order valence-electron chi connectivity index (χ4n) is 6.11. The molecule has 0 aliphatic carbocycles. The summed E-state index contributed by atoms with van der Waals surface area (Å²) in [4.78, 5) is 48.1. The number of nitrogens with one attached hydrogen (secondary N) is 2. The first kappa shape index (κ1) is 33.7. The van der Waals surface area contributed by atoms with Gasteiger partial charge in [-0.15, -0.1) is 0 Å². The van der Waals surface area contributed by atoms with Crippen molar-refractivity contribution in [1.29, 1.82) is 0 Å². The SMILES string of the molecule is CCn1nc(C)cc1C(=O)Nc1nc2cc(C(N)=O)ccc2n1CCCCn1c(NC(=O)c2ccc(OC)c(OC)c2)nc2cccc(C)c21. The van der Waals surface area contributed by atoms with Crippen LogP contribution in [-0.2, 0) is 19.6 Å². The molecule has 3 amide bonds. The van der Waals surface area contributed by atoms with E-state index in [1.54, 1.807) is 54.3 Å². The van der Waals surface area contributed by atoms with Gasteiger partial charge >= 0.3 is 0 Å². The zero-order valence-corrected chi connectivity index (χ0v) is 28.6. The van der Waals surface area contributed by atoms with Crippen molar-refractivity contribution in [3.8, 4) is 11.5 Å². The zero-order valence-electron chi connectivity index (χ0n) is 28.6. The van der Waals surface area contributed by atoms with Gasteiger partial charge in [0.1, 0.15) is 5.69 Å². The molecule has 0 saturated heterocycles. The zero-order chi connectivity index (χ0) is 35.5. The third kappa shape index (κ3) is 6.59. The summed E-state index contributed by atoms with van der Waals surface area (Å²) in [5, 5.41) is 10.3. The number of anilines is 2. The van der Waals surface area contributed by atoms with Gasteiger partial charge < -0.3 is 24.3 Å². The number of aromatic nitrogens is 6. The molecular weight excluding hydrogens is 638 g/mol. The number of rotatable bonds is 13. The van der Waals surface area contributed by atoms with Gasteiger partial charge in [-0.1, -0.05) is 12.1 Å². The Morgan fingerprint density at radius 3 is 2.18 bits per heavy atom. The third-order valence-electron chi connectivity index (χ3n) is 8.55. The predicted octanol–water partition coefficient (Wildman–Crippen LogP) is 5.32. The molecule has 0 radical (unpaired) electrons. The smallest absolute Gasteiger partial charge is 0.276 e. The second kappa shape index (κ2) is 14.1. The van der Waals surface area contributed by atoms with E-state index in [1.807, 2.05) is 48.1 Å². The minimum absolute atomic E-state index is 0.324. The fourth-order valence-corrected chi connectivity index (χ4v) is 6.11. The Hall–Kier alpha value is -6.18. The Balaban J connectivity index is 1.25. The minimum Gasteiger partial charge on any atom is -0.493 e. The summed E-state index contributed by atoms with van der Waals surface area (Å²) in [6.45, 7) is 7.36. The molecule has 6 rings (SSSR count). The summed E-state index contributed by atoms with van der Waals surface area (Å²) in [6, 6.07) is 17.6. The highest BCUT2D eigenvalue weighted by Gasteiger charge is 2.20. The Morgan fingerprint density at radius 1 is 0.780 bits per heavy atom. The van der Waals surface area contributed by atoms with Crippen LogP contribution in [0.25, 0.3) is 22.1 Å². The maximum absolute atomic E-state index is 13.4. The van der Waals surface area contributed by atoms with E-state index in [-0.39, 0.29) is 11.8 Å². The normalized spacial score (nSPS) is 11.2. The number of imidazole rings is 2. The molecule has 0 aliphatic rings. The number of fused-ring (bicyclic) bond motifs is 2. The van der Waals surface area contributed by atoms with Crippen LogP contribution in [0.15, 0.2) is 60.7 Å². The van der Waals surface area contributed by atoms with E-state index in [9.17, 15) is 14.4 Å². The van der Waals surface area contributed by atoms with E-state index in [1.165, 1.54) is 7.11 Å². The molecule has 14 nitrogen and oxygen atoms in total. The van der Waals surface area contributed by atoms with Crippen molar-refractivity contribution in [1.82, 2.24) is 28.9 Å². The Kier molecular flexibility index (Phi) is 9.52. The van der Waals surface area contributed by atoms with E-state index < -0.39 is 5.91 Å². The van der Waals surface area contributed by atoms with Crippen LogP contribution < -0.4 is 25.8 Å². The first-order valence-electron chi connectivity index (χ1n) is 16.3. The number of methoxy groups -OCH3 is 2. The summed E-state index contributed by atoms with van der Waals surface area (Å²) in [6.07, 6.45) is 1.39. The molecule has 258 valence electrons. The number of ether oxygens (including phenoxy) is 2. The number of hydrogen-bond acceptors (Lipinski definition) is 8. The lowest BCUT2D eigenvalue weighted by Gasteiger charge is -2.14. The number of amides is 3. The molecule has 0 aliphatic heterocycles. The van der Waals surface area contributed by atoms with Crippen LogP contribution in [0.3, 0.4) is 0 Å². The van der Waals surface area contributed by atoms with Gasteiger partial charge in [0, 0.05) is 30.8 Å². The van der Waals surface area contributed by atoms with Crippen molar-refractivity contribution in [3.63, 3.8) is 0 Å². The number of benzene rings is 3. The van der Waals surface area contributed by atoms with Crippen molar-refractivity contribution in [2.45, 2.75) is 53.2 Å². The highest BCUT2D eigenvalue weighted by atomic mass is 16.5. The first-order chi connectivity index (χ1) is 24.1. The summed E-state index contributed by atoms with van der Waals surface area (Å²) in [5.41, 5.74) is 11.4. The predicted molar refractivity (Wildman–Crippen MR) is 190 cm³/mol. The molecule has 3 heterocycles. The van der Waals surface area contributed by atoms with E-state index in [0.29, 0.717) is 78.2 Å². The number of nitrogens with zero attached hydrogens (tertiary/aromatic N) is 6. The Bertz CT molecular complexity index is 2250. The molecule has 3 aromatic carbocycles. The van der Waals surface area contributed by atoms with Crippen molar-refractivity contribution in [2.75, 3.05) is 24.9 Å². The van der Waals surface area contributed by atoms with Crippen LogP contribution in [0, 0.1) is 13.8 Å². The topological polar surface area (TPSA) is 173 Å². The van der Waals surface area contributed by atoms with Gasteiger partial charge in [-0.3, -0.25) is 29.7 Å². The monoisotopic (exact) mass is 677 g/mol. The highest BCUT2D eigenvalue weighted by Crippen LogP contribution is 2.29. The number of primary amides is 1. The quantitative estimate of drug-likeness (QED) is 0.138. The summed E-state index contributed by atoms with van der Waals surface area (Å²) in [7, 11) is 3.06. The molecule has 0 spiro atoms. The van der Waals surface area contributed by atoms with E-state index in [2.05, 4.69) is 20.7 Å². The average molecular weight is 678 g/mol. The second-order valence-corrected chi connectivity index (χ2v) is 11.9. The number of carbonyl (C=O) groups is 3. The number of unbranched alkanes of at least 4 members (excludes halogenated alkanes) is 1. The lowest BCUT2D eigenvalue weighted by Crippen LogP contribution is -2.20. The van der Waals surface area contributed by atoms with Crippen LogP contribution >= 0.6 is 0 Å². The Morgan fingerprint density at radius 2 is 1.46 bits per heavy atom. The van der Waals surface area contributed by atoms with Gasteiger partial charge in [-0.2, -0.15) is 5.10 Å². The van der Waals surface area contributed by atoms with Crippen LogP contribution in [-0.4, -0.2) is 60.8 Å². The molecule has 0 fully saturated rings. The average Bonchev–Trinajstić information content (AvgIpc) is 3.78. The minimum atomic E-state index is -0.564. The molecule has 0 saturated carbocycles. The molecule has 4 N–H and O–H groups in total. The van der Waals surface area contributed by atoms with Gasteiger partial charge in [-0.25, -0.2) is 9.97 Å². The summed E-state index contributed by atoms with van der Waals surface area (Å²) in [5.74, 6) is 0.512. The lowest BCUT2D eigenvalue weighted by molar-refractivity contribution is 0.0995. The van der Waals surface area contributed by atoms with Crippen LogP contribution in [0.4, 0.5) is 11.9 Å². The van der Waals surface area contributed by atoms with Gasteiger partial charge in [0.15, 0.2) is 11.5 Å². The summed E-state index contributed by atoms with van der Waals surface area (Å²) < 4.78 is 16.3. The maximum atomic E-state index is 13.4. The lowest BCUT2D eigenvalue weighted by atomic mass is 10.2. The van der Waals surface area contributed by atoms with E-state index in [0.717, 1.165) is 27.8 Å². The van der Waals surface area contributed by atoms with Crippen LogP contribution in [0.2, 0.25) is 0 Å². The first-order valence-corrected chi connectivity index (χ1v) is 16.3. The van der Waals surface area contributed by atoms with Gasteiger partial charge in [0.25, 0.3) is 11.8 Å². The number of carbonyl (C=O) groups excluding carboxylic acids is 3. The molecule has 14 heteroatoms. The molecule has 6 aromatic rings. The number of hydrogen-bond donors (Lipinski definition) is 3. The van der Waals surface area contributed by atoms with Crippen molar-refractivity contribution in [2.24, 2.45) is 5.73 Å². The molecule has 0 bridgehead atoms. The Labute approximate surface area is 288 Å².